The number of amides is 1. The molecule has 2 aromatic carbocycles. The molecule has 1 aliphatic rings. The molecule has 0 bridgehead atoms. The third kappa shape index (κ3) is 5.00. The number of anilines is 2. The van der Waals surface area contributed by atoms with E-state index in [1.807, 2.05) is 31.2 Å². The molecule has 1 fully saturated rings. The zero-order valence-electron chi connectivity index (χ0n) is 16.7. The molecular weight excluding hydrogens is 360 g/mol. The highest BCUT2D eigenvalue weighted by molar-refractivity contribution is 6.02. The van der Waals surface area contributed by atoms with Gasteiger partial charge in [-0.1, -0.05) is 36.4 Å². The molecule has 0 aliphatic carbocycles. The summed E-state index contributed by atoms with van der Waals surface area (Å²) >= 11 is 0. The second-order valence-electron chi connectivity index (χ2n) is 7.41. The highest BCUT2D eigenvalue weighted by Gasteiger charge is 2.17. The van der Waals surface area contributed by atoms with Crippen molar-refractivity contribution in [3.63, 3.8) is 0 Å². The first-order valence-corrected chi connectivity index (χ1v) is 10.0. The fraction of sp³-hybridized carbons (Fsp3) is 0.250. The third-order valence-electron chi connectivity index (χ3n) is 5.23. The average molecular weight is 386 g/mol. The molecule has 1 aliphatic heterocycles. The van der Waals surface area contributed by atoms with Gasteiger partial charge in [0.2, 0.25) is 0 Å². The smallest absolute Gasteiger partial charge is 0.274 e. The monoisotopic (exact) mass is 386 g/mol. The topological polar surface area (TPSA) is 48.5 Å². The first-order valence-electron chi connectivity index (χ1n) is 10.0. The highest BCUT2D eigenvalue weighted by Crippen LogP contribution is 2.20. The molecule has 1 N–H and O–H groups in total. The predicted octanol–water partition coefficient (Wildman–Crippen LogP) is 3.96. The van der Waals surface area contributed by atoms with Crippen molar-refractivity contribution >= 4 is 17.3 Å². The number of pyridine rings is 1. The van der Waals surface area contributed by atoms with Gasteiger partial charge in [0.05, 0.1) is 0 Å². The Morgan fingerprint density at radius 1 is 0.897 bits per heavy atom. The molecule has 1 aromatic heterocycles. The Balaban J connectivity index is 1.31. The summed E-state index contributed by atoms with van der Waals surface area (Å²) in [6.45, 7) is 6.99. The van der Waals surface area contributed by atoms with Gasteiger partial charge >= 0.3 is 0 Å². The minimum Gasteiger partial charge on any atom is -0.369 e. The van der Waals surface area contributed by atoms with E-state index in [0.29, 0.717) is 5.69 Å². The van der Waals surface area contributed by atoms with Crippen LogP contribution in [0, 0.1) is 6.92 Å². The SMILES string of the molecule is Cc1cccc(C(=O)Nc2ccc(N3CCN(Cc4ccccc4)CC3)cc2)n1. The number of hydrogen-bond donors (Lipinski definition) is 1. The van der Waals surface area contributed by atoms with Crippen LogP contribution >= 0.6 is 0 Å². The van der Waals surface area contributed by atoms with Crippen molar-refractivity contribution in [1.29, 1.82) is 0 Å². The fourth-order valence-electron chi connectivity index (χ4n) is 3.63. The molecular formula is C24H26N4O. The summed E-state index contributed by atoms with van der Waals surface area (Å²) in [6.07, 6.45) is 0. The zero-order valence-corrected chi connectivity index (χ0v) is 16.7. The summed E-state index contributed by atoms with van der Waals surface area (Å²) in [5.74, 6) is -0.184. The maximum absolute atomic E-state index is 12.3. The molecule has 5 heteroatoms. The maximum Gasteiger partial charge on any atom is 0.274 e. The Bertz CT molecular complexity index is 948. The summed E-state index contributed by atoms with van der Waals surface area (Å²) in [5.41, 5.74) is 4.60. The standard InChI is InChI=1S/C24H26N4O/c1-19-6-5-9-23(25-19)24(29)26-21-10-12-22(13-11-21)28-16-14-27(15-17-28)18-20-7-3-2-4-8-20/h2-13H,14-18H2,1H3,(H,26,29). The van der Waals surface area contributed by atoms with Crippen molar-refractivity contribution in [3.8, 4) is 0 Å². The molecule has 0 unspecified atom stereocenters. The molecule has 5 nitrogen and oxygen atoms in total. The van der Waals surface area contributed by atoms with E-state index < -0.39 is 0 Å². The number of nitrogens with zero attached hydrogens (tertiary/aromatic N) is 3. The van der Waals surface area contributed by atoms with Crippen LogP contribution in [0.15, 0.2) is 72.8 Å². The lowest BCUT2D eigenvalue weighted by Gasteiger charge is -2.36. The van der Waals surface area contributed by atoms with E-state index >= 15 is 0 Å². The first-order chi connectivity index (χ1) is 14.2. The molecule has 29 heavy (non-hydrogen) atoms. The summed E-state index contributed by atoms with van der Waals surface area (Å²) in [6, 6.07) is 24.1. The van der Waals surface area contributed by atoms with Crippen LogP contribution in [0.2, 0.25) is 0 Å². The lowest BCUT2D eigenvalue weighted by Crippen LogP contribution is -2.45. The summed E-state index contributed by atoms with van der Waals surface area (Å²) in [4.78, 5) is 21.5. The van der Waals surface area contributed by atoms with Gasteiger partial charge in [-0.15, -0.1) is 0 Å². The van der Waals surface area contributed by atoms with E-state index in [9.17, 15) is 4.79 Å². The molecule has 0 atom stereocenters. The van der Waals surface area contributed by atoms with Gasteiger partial charge in [0.1, 0.15) is 5.69 Å². The van der Waals surface area contributed by atoms with Crippen LogP contribution < -0.4 is 10.2 Å². The second kappa shape index (κ2) is 8.88. The Morgan fingerprint density at radius 2 is 1.62 bits per heavy atom. The maximum atomic E-state index is 12.3. The molecule has 1 saturated heterocycles. The average Bonchev–Trinajstić information content (AvgIpc) is 2.76. The Kier molecular flexibility index (Phi) is 5.86. The van der Waals surface area contributed by atoms with Crippen molar-refractivity contribution in [3.05, 3.63) is 89.7 Å². The van der Waals surface area contributed by atoms with Gasteiger partial charge in [-0.2, -0.15) is 0 Å². The van der Waals surface area contributed by atoms with Gasteiger partial charge in [-0.05, 0) is 48.9 Å². The molecule has 148 valence electrons. The first kappa shape index (κ1) is 19.2. The van der Waals surface area contributed by atoms with Crippen LogP contribution in [-0.2, 0) is 6.54 Å². The number of carbonyl (C=O) groups excluding carboxylic acids is 1. The van der Waals surface area contributed by atoms with E-state index in [0.717, 1.165) is 44.1 Å². The number of rotatable bonds is 5. The number of carbonyl (C=O) groups is 1. The number of piperazine rings is 1. The van der Waals surface area contributed by atoms with Crippen LogP contribution in [0.25, 0.3) is 0 Å². The van der Waals surface area contributed by atoms with Gasteiger partial charge in [0, 0.05) is 49.8 Å². The number of benzene rings is 2. The van der Waals surface area contributed by atoms with Crippen LogP contribution in [-0.4, -0.2) is 42.0 Å². The largest absolute Gasteiger partial charge is 0.369 e. The van der Waals surface area contributed by atoms with E-state index in [2.05, 4.69) is 62.6 Å². The van der Waals surface area contributed by atoms with Gasteiger partial charge in [-0.25, -0.2) is 4.98 Å². The number of aromatic nitrogens is 1. The van der Waals surface area contributed by atoms with Crippen molar-refractivity contribution < 1.29 is 4.79 Å². The van der Waals surface area contributed by atoms with Gasteiger partial charge in [0.25, 0.3) is 5.91 Å². The van der Waals surface area contributed by atoms with Crippen LogP contribution in [0.4, 0.5) is 11.4 Å². The quantitative estimate of drug-likeness (QED) is 0.721. The fourth-order valence-corrected chi connectivity index (χ4v) is 3.63. The zero-order chi connectivity index (χ0) is 20.1. The molecule has 2 heterocycles. The normalized spacial score (nSPS) is 14.6. The van der Waals surface area contributed by atoms with Crippen LogP contribution in [0.3, 0.4) is 0 Å². The van der Waals surface area contributed by atoms with Crippen molar-refractivity contribution in [2.75, 3.05) is 36.4 Å². The Labute approximate surface area is 172 Å². The van der Waals surface area contributed by atoms with E-state index in [1.165, 1.54) is 11.3 Å². The second-order valence-corrected chi connectivity index (χ2v) is 7.41. The minimum absolute atomic E-state index is 0.184. The molecule has 0 radical (unpaired) electrons. The molecule has 3 aromatic rings. The van der Waals surface area contributed by atoms with E-state index in [-0.39, 0.29) is 5.91 Å². The third-order valence-corrected chi connectivity index (χ3v) is 5.23. The van der Waals surface area contributed by atoms with Crippen LogP contribution in [0.1, 0.15) is 21.7 Å². The summed E-state index contributed by atoms with van der Waals surface area (Å²) in [5, 5.41) is 2.92. The lowest BCUT2D eigenvalue weighted by molar-refractivity contribution is 0.102. The van der Waals surface area contributed by atoms with Crippen molar-refractivity contribution in [1.82, 2.24) is 9.88 Å². The number of nitrogens with one attached hydrogen (secondary N) is 1. The van der Waals surface area contributed by atoms with Gasteiger partial charge < -0.3 is 10.2 Å². The molecule has 0 spiro atoms. The van der Waals surface area contributed by atoms with Crippen molar-refractivity contribution in [2.24, 2.45) is 0 Å². The van der Waals surface area contributed by atoms with Gasteiger partial charge in [0.15, 0.2) is 0 Å². The number of hydrogen-bond acceptors (Lipinski definition) is 4. The highest BCUT2D eigenvalue weighted by atomic mass is 16.1. The van der Waals surface area contributed by atoms with Crippen LogP contribution in [0.5, 0.6) is 0 Å². The summed E-state index contributed by atoms with van der Waals surface area (Å²) in [7, 11) is 0. The van der Waals surface area contributed by atoms with Gasteiger partial charge in [-0.3, -0.25) is 9.69 Å². The minimum atomic E-state index is -0.184. The van der Waals surface area contributed by atoms with Crippen molar-refractivity contribution in [2.45, 2.75) is 13.5 Å². The Morgan fingerprint density at radius 3 is 2.31 bits per heavy atom. The van der Waals surface area contributed by atoms with E-state index in [4.69, 9.17) is 0 Å². The van der Waals surface area contributed by atoms with E-state index in [1.54, 1.807) is 6.07 Å². The molecule has 1 amide bonds. The number of aryl methyl sites for hydroxylation is 1. The molecule has 0 saturated carbocycles. The summed E-state index contributed by atoms with van der Waals surface area (Å²) < 4.78 is 0. The predicted molar refractivity (Wildman–Crippen MR) is 117 cm³/mol. The lowest BCUT2D eigenvalue weighted by atomic mass is 10.2. The molecule has 4 rings (SSSR count). The Hall–Kier alpha value is -3.18.